The van der Waals surface area contributed by atoms with Crippen molar-refractivity contribution in [3.63, 3.8) is 0 Å². The Labute approximate surface area is 112 Å². The van der Waals surface area contributed by atoms with Crippen molar-refractivity contribution in [1.82, 2.24) is 0 Å². The van der Waals surface area contributed by atoms with Gasteiger partial charge in [-0.25, -0.2) is 0 Å². The largest absolute Gasteiger partial charge is 0.377 e. The van der Waals surface area contributed by atoms with Gasteiger partial charge < -0.3 is 4.74 Å². The summed E-state index contributed by atoms with van der Waals surface area (Å²) in [7, 11) is 0. The molecule has 0 saturated heterocycles. The lowest BCUT2D eigenvalue weighted by Gasteiger charge is -2.37. The molecule has 2 rings (SSSR count). The molecule has 0 N–H and O–H groups in total. The van der Waals surface area contributed by atoms with Gasteiger partial charge in [-0.05, 0) is 49.2 Å². The van der Waals surface area contributed by atoms with Gasteiger partial charge in [0.1, 0.15) is 0 Å². The third kappa shape index (κ3) is 3.41. The predicted octanol–water partition coefficient (Wildman–Crippen LogP) is 4.17. The minimum atomic E-state index is 0.450. The van der Waals surface area contributed by atoms with Crippen LogP contribution in [0.5, 0.6) is 0 Å². The van der Waals surface area contributed by atoms with E-state index >= 15 is 0 Å². The first-order chi connectivity index (χ1) is 8.06. The summed E-state index contributed by atoms with van der Waals surface area (Å²) in [5, 5.41) is 0. The summed E-state index contributed by atoms with van der Waals surface area (Å²) in [4.78, 5) is 0. The topological polar surface area (TPSA) is 9.23 Å². The molecular weight excluding hydrogens is 228 g/mol. The van der Waals surface area contributed by atoms with Crippen molar-refractivity contribution in [1.29, 1.82) is 0 Å². The van der Waals surface area contributed by atoms with E-state index in [0.29, 0.717) is 11.5 Å². The van der Waals surface area contributed by atoms with Crippen LogP contribution in [0.15, 0.2) is 0 Å². The van der Waals surface area contributed by atoms with E-state index in [9.17, 15) is 0 Å². The molecule has 0 bridgehead atoms. The third-order valence-electron chi connectivity index (χ3n) is 4.86. The highest BCUT2D eigenvalue weighted by Gasteiger charge is 2.43. The maximum atomic E-state index is 6.30. The van der Waals surface area contributed by atoms with Crippen LogP contribution in [-0.4, -0.2) is 18.5 Å². The van der Waals surface area contributed by atoms with Gasteiger partial charge in [0.25, 0.3) is 0 Å². The van der Waals surface area contributed by atoms with Crippen LogP contribution in [0.3, 0.4) is 0 Å². The normalized spacial score (nSPS) is 36.2. The van der Waals surface area contributed by atoms with Crippen LogP contribution >= 0.6 is 12.6 Å². The summed E-state index contributed by atoms with van der Waals surface area (Å²) in [6.45, 7) is 8.03. The van der Waals surface area contributed by atoms with Crippen LogP contribution in [0.4, 0.5) is 0 Å². The van der Waals surface area contributed by atoms with E-state index < -0.39 is 0 Å². The number of ether oxygens (including phenoxy) is 1. The molecule has 2 aliphatic rings. The molecule has 2 aliphatic carbocycles. The summed E-state index contributed by atoms with van der Waals surface area (Å²) < 4.78 is 6.30. The van der Waals surface area contributed by atoms with Gasteiger partial charge in [0.15, 0.2) is 0 Å². The second-order valence-corrected chi connectivity index (χ2v) is 7.15. The standard InChI is InChI=1S/C15H28OS/c1-11(2)13-5-4-12(3)8-14(13)16-9-15(10-17)6-7-15/h11-14,17H,4-10H2,1-3H3. The molecule has 0 aromatic carbocycles. The first-order valence-electron chi connectivity index (χ1n) is 7.29. The number of hydrogen-bond donors (Lipinski definition) is 1. The monoisotopic (exact) mass is 256 g/mol. The van der Waals surface area contributed by atoms with Crippen molar-refractivity contribution in [3.8, 4) is 0 Å². The van der Waals surface area contributed by atoms with Crippen molar-refractivity contribution >= 4 is 12.6 Å². The molecule has 2 saturated carbocycles. The molecule has 3 atom stereocenters. The molecule has 2 heteroatoms. The van der Waals surface area contributed by atoms with Crippen molar-refractivity contribution in [2.45, 2.75) is 59.0 Å². The Bertz CT molecular complexity index is 247. The lowest BCUT2D eigenvalue weighted by Crippen LogP contribution is -2.35. The zero-order valence-electron chi connectivity index (χ0n) is 11.6. The van der Waals surface area contributed by atoms with Gasteiger partial charge in [0, 0.05) is 5.41 Å². The molecule has 17 heavy (non-hydrogen) atoms. The average molecular weight is 256 g/mol. The molecular formula is C15H28OS. The molecule has 0 aliphatic heterocycles. The Morgan fingerprint density at radius 3 is 2.53 bits per heavy atom. The Morgan fingerprint density at radius 2 is 2.00 bits per heavy atom. The first-order valence-corrected chi connectivity index (χ1v) is 7.92. The van der Waals surface area contributed by atoms with E-state index in [0.717, 1.165) is 30.1 Å². The van der Waals surface area contributed by atoms with Crippen molar-refractivity contribution < 1.29 is 4.74 Å². The van der Waals surface area contributed by atoms with Crippen LogP contribution in [0.25, 0.3) is 0 Å². The van der Waals surface area contributed by atoms with Crippen molar-refractivity contribution in [3.05, 3.63) is 0 Å². The SMILES string of the molecule is CC1CCC(C(C)C)C(OCC2(CS)CC2)C1. The van der Waals surface area contributed by atoms with E-state index in [4.69, 9.17) is 4.74 Å². The molecule has 3 unspecified atom stereocenters. The van der Waals surface area contributed by atoms with Crippen molar-refractivity contribution in [2.24, 2.45) is 23.2 Å². The Balaban J connectivity index is 1.86. The van der Waals surface area contributed by atoms with Gasteiger partial charge >= 0.3 is 0 Å². The minimum absolute atomic E-state index is 0.450. The van der Waals surface area contributed by atoms with Gasteiger partial charge in [0.2, 0.25) is 0 Å². The number of rotatable bonds is 5. The lowest BCUT2D eigenvalue weighted by molar-refractivity contribution is -0.0525. The van der Waals surface area contributed by atoms with Crippen LogP contribution in [0.1, 0.15) is 52.9 Å². The fourth-order valence-electron chi connectivity index (χ4n) is 3.12. The smallest absolute Gasteiger partial charge is 0.0608 e. The highest BCUT2D eigenvalue weighted by Crippen LogP contribution is 2.47. The van der Waals surface area contributed by atoms with E-state index in [1.807, 2.05) is 0 Å². The Morgan fingerprint density at radius 1 is 1.29 bits per heavy atom. The Hall–Kier alpha value is 0.310. The van der Waals surface area contributed by atoms with E-state index in [1.165, 1.54) is 32.1 Å². The van der Waals surface area contributed by atoms with Crippen molar-refractivity contribution in [2.75, 3.05) is 12.4 Å². The molecule has 0 radical (unpaired) electrons. The molecule has 2 fully saturated rings. The highest BCUT2D eigenvalue weighted by atomic mass is 32.1. The van der Waals surface area contributed by atoms with E-state index in [1.54, 1.807) is 0 Å². The summed E-state index contributed by atoms with van der Waals surface area (Å²) in [6, 6.07) is 0. The van der Waals surface area contributed by atoms with Crippen LogP contribution in [0.2, 0.25) is 0 Å². The van der Waals surface area contributed by atoms with Gasteiger partial charge in [-0.2, -0.15) is 12.6 Å². The molecule has 0 aromatic heterocycles. The summed E-state index contributed by atoms with van der Waals surface area (Å²) in [6.07, 6.45) is 7.18. The van der Waals surface area contributed by atoms with Gasteiger partial charge in [-0.15, -0.1) is 0 Å². The van der Waals surface area contributed by atoms with Gasteiger partial charge in [-0.1, -0.05) is 27.2 Å². The second-order valence-electron chi connectivity index (χ2n) is 6.83. The quantitative estimate of drug-likeness (QED) is 0.726. The molecule has 0 heterocycles. The van der Waals surface area contributed by atoms with E-state index in [-0.39, 0.29) is 0 Å². The summed E-state index contributed by atoms with van der Waals surface area (Å²) in [5.41, 5.74) is 0.450. The molecule has 100 valence electrons. The fourth-order valence-corrected chi connectivity index (χ4v) is 3.52. The third-order valence-corrected chi connectivity index (χ3v) is 5.53. The molecule has 0 amide bonds. The maximum absolute atomic E-state index is 6.30. The molecule has 1 nitrogen and oxygen atoms in total. The van der Waals surface area contributed by atoms with Crippen LogP contribution < -0.4 is 0 Å². The van der Waals surface area contributed by atoms with Crippen LogP contribution in [-0.2, 0) is 4.74 Å². The summed E-state index contributed by atoms with van der Waals surface area (Å²) >= 11 is 4.46. The van der Waals surface area contributed by atoms with Gasteiger partial charge in [0.05, 0.1) is 12.7 Å². The average Bonchev–Trinajstić information content (AvgIpc) is 3.07. The van der Waals surface area contributed by atoms with Crippen LogP contribution in [0, 0.1) is 23.2 Å². The van der Waals surface area contributed by atoms with E-state index in [2.05, 4.69) is 33.4 Å². The molecule has 0 aromatic rings. The van der Waals surface area contributed by atoms with Gasteiger partial charge in [-0.3, -0.25) is 0 Å². The Kier molecular flexibility index (Phi) is 4.46. The second kappa shape index (κ2) is 5.52. The number of hydrogen-bond acceptors (Lipinski definition) is 2. The zero-order valence-corrected chi connectivity index (χ0v) is 12.5. The fraction of sp³-hybridized carbons (Fsp3) is 1.00. The first kappa shape index (κ1) is 13.7. The zero-order chi connectivity index (χ0) is 12.5. The minimum Gasteiger partial charge on any atom is -0.377 e. The lowest BCUT2D eigenvalue weighted by atomic mass is 9.75. The predicted molar refractivity (Wildman–Crippen MR) is 76.6 cm³/mol. The highest BCUT2D eigenvalue weighted by molar-refractivity contribution is 7.80. The maximum Gasteiger partial charge on any atom is 0.0608 e. The summed E-state index contributed by atoms with van der Waals surface area (Å²) in [5.74, 6) is 3.39. The molecule has 0 spiro atoms. The number of thiol groups is 1.